The van der Waals surface area contributed by atoms with Crippen LogP contribution in [-0.2, 0) is 6.42 Å². The van der Waals surface area contributed by atoms with Crippen molar-refractivity contribution in [2.24, 2.45) is 5.73 Å². The number of nitrogens with zero attached hydrogens (tertiary/aromatic N) is 1. The highest BCUT2D eigenvalue weighted by atomic mass is 15.2. The number of hydrogen-bond acceptors (Lipinski definition) is 2. The molecule has 17 heavy (non-hydrogen) atoms. The smallest absolute Gasteiger partial charge is 0.0354 e. The van der Waals surface area contributed by atoms with Gasteiger partial charge in [-0.25, -0.2) is 0 Å². The Hall–Kier alpha value is -0.860. The number of aryl methyl sites for hydroxylation is 1. The molecule has 1 aromatic carbocycles. The molecule has 1 saturated heterocycles. The van der Waals surface area contributed by atoms with Crippen LogP contribution in [-0.4, -0.2) is 24.0 Å². The summed E-state index contributed by atoms with van der Waals surface area (Å²) in [6.45, 7) is 2.06. The van der Waals surface area contributed by atoms with Gasteiger partial charge >= 0.3 is 0 Å². The Morgan fingerprint density at radius 2 is 2.06 bits per heavy atom. The second kappa shape index (κ2) is 4.79. The predicted octanol–water partition coefficient (Wildman–Crippen LogP) is 2.49. The zero-order valence-corrected chi connectivity index (χ0v) is 10.4. The normalized spacial score (nSPS) is 29.2. The van der Waals surface area contributed by atoms with Crippen LogP contribution >= 0.6 is 0 Å². The largest absolute Gasteiger partial charge is 0.329 e. The van der Waals surface area contributed by atoms with Crippen LogP contribution in [0.2, 0.25) is 0 Å². The molecule has 0 amide bonds. The fraction of sp³-hybridized carbons (Fsp3) is 0.600. The summed E-state index contributed by atoms with van der Waals surface area (Å²) >= 11 is 0. The minimum absolute atomic E-state index is 0.617. The number of benzene rings is 1. The van der Waals surface area contributed by atoms with Crippen LogP contribution < -0.4 is 5.73 Å². The van der Waals surface area contributed by atoms with Crippen molar-refractivity contribution in [1.29, 1.82) is 0 Å². The summed E-state index contributed by atoms with van der Waals surface area (Å²) in [6.07, 6.45) is 6.51. The second-order valence-corrected chi connectivity index (χ2v) is 5.38. The third kappa shape index (κ3) is 2.00. The lowest BCUT2D eigenvalue weighted by atomic mass is 9.86. The summed E-state index contributed by atoms with van der Waals surface area (Å²) in [7, 11) is 0. The third-order valence-electron chi connectivity index (χ3n) is 4.43. The zero-order valence-electron chi connectivity index (χ0n) is 10.4. The fourth-order valence-corrected chi connectivity index (χ4v) is 3.59. The van der Waals surface area contributed by atoms with Gasteiger partial charge in [0.1, 0.15) is 0 Å². The van der Waals surface area contributed by atoms with Gasteiger partial charge in [0.15, 0.2) is 0 Å². The molecule has 2 unspecified atom stereocenters. The number of nitrogens with two attached hydrogens (primary N) is 1. The van der Waals surface area contributed by atoms with Gasteiger partial charge in [-0.05, 0) is 49.8 Å². The van der Waals surface area contributed by atoms with Crippen molar-refractivity contribution in [2.75, 3.05) is 13.1 Å². The summed E-state index contributed by atoms with van der Waals surface area (Å²) in [5.41, 5.74) is 9.04. The van der Waals surface area contributed by atoms with E-state index in [4.69, 9.17) is 5.73 Å². The van der Waals surface area contributed by atoms with Gasteiger partial charge in [-0.15, -0.1) is 0 Å². The highest BCUT2D eigenvalue weighted by Gasteiger charge is 2.32. The molecule has 0 bridgehead atoms. The van der Waals surface area contributed by atoms with E-state index >= 15 is 0 Å². The van der Waals surface area contributed by atoms with Gasteiger partial charge in [0.25, 0.3) is 0 Å². The lowest BCUT2D eigenvalue weighted by Crippen LogP contribution is -2.39. The third-order valence-corrected chi connectivity index (χ3v) is 4.43. The molecule has 0 aromatic heterocycles. The minimum Gasteiger partial charge on any atom is -0.329 e. The predicted molar refractivity (Wildman–Crippen MR) is 70.9 cm³/mol. The molecule has 0 radical (unpaired) electrons. The van der Waals surface area contributed by atoms with E-state index in [9.17, 15) is 0 Å². The lowest BCUT2D eigenvalue weighted by Gasteiger charge is -2.36. The van der Waals surface area contributed by atoms with Crippen LogP contribution in [0.5, 0.6) is 0 Å². The van der Waals surface area contributed by atoms with Gasteiger partial charge in [-0.1, -0.05) is 24.3 Å². The monoisotopic (exact) mass is 230 g/mol. The van der Waals surface area contributed by atoms with Crippen molar-refractivity contribution in [3.05, 3.63) is 35.4 Å². The number of likely N-dealkylation sites (tertiary alicyclic amines) is 1. The van der Waals surface area contributed by atoms with Gasteiger partial charge in [0.05, 0.1) is 0 Å². The molecule has 0 spiro atoms. The Kier molecular flexibility index (Phi) is 3.17. The van der Waals surface area contributed by atoms with Crippen molar-refractivity contribution < 1.29 is 0 Å². The molecule has 1 aliphatic carbocycles. The Labute approximate surface area is 104 Å². The second-order valence-electron chi connectivity index (χ2n) is 5.38. The zero-order chi connectivity index (χ0) is 11.7. The van der Waals surface area contributed by atoms with Crippen LogP contribution in [0, 0.1) is 0 Å². The van der Waals surface area contributed by atoms with Gasteiger partial charge in [-0.3, -0.25) is 4.90 Å². The summed E-state index contributed by atoms with van der Waals surface area (Å²) in [5, 5.41) is 0. The van der Waals surface area contributed by atoms with Crippen LogP contribution in [0.15, 0.2) is 24.3 Å². The highest BCUT2D eigenvalue weighted by Crippen LogP contribution is 2.37. The van der Waals surface area contributed by atoms with Gasteiger partial charge in [0.2, 0.25) is 0 Å². The van der Waals surface area contributed by atoms with Crippen LogP contribution in [0.25, 0.3) is 0 Å². The maximum absolute atomic E-state index is 5.91. The van der Waals surface area contributed by atoms with Crippen molar-refractivity contribution in [3.8, 4) is 0 Å². The maximum Gasteiger partial charge on any atom is 0.0354 e. The first-order valence-corrected chi connectivity index (χ1v) is 6.94. The molecular formula is C15H22N2. The fourth-order valence-electron chi connectivity index (χ4n) is 3.59. The Balaban J connectivity index is 1.89. The topological polar surface area (TPSA) is 29.3 Å². The number of hydrogen-bond donors (Lipinski definition) is 1. The van der Waals surface area contributed by atoms with E-state index in [-0.39, 0.29) is 0 Å². The molecule has 1 aliphatic heterocycles. The minimum atomic E-state index is 0.617. The molecule has 1 aromatic rings. The van der Waals surface area contributed by atoms with E-state index in [2.05, 4.69) is 29.2 Å². The molecule has 92 valence electrons. The Bertz CT molecular complexity index is 388. The summed E-state index contributed by atoms with van der Waals surface area (Å²) < 4.78 is 0. The van der Waals surface area contributed by atoms with Crippen molar-refractivity contribution >= 4 is 0 Å². The molecule has 3 rings (SSSR count). The average molecular weight is 230 g/mol. The van der Waals surface area contributed by atoms with E-state index < -0.39 is 0 Å². The molecule has 1 fully saturated rings. The Morgan fingerprint density at radius 1 is 1.18 bits per heavy atom. The number of fused-ring (bicyclic) bond motifs is 1. The van der Waals surface area contributed by atoms with Crippen molar-refractivity contribution in [3.63, 3.8) is 0 Å². The molecular weight excluding hydrogens is 208 g/mol. The molecule has 2 N–H and O–H groups in total. The average Bonchev–Trinajstić information content (AvgIpc) is 2.86. The first kappa shape index (κ1) is 11.2. The first-order chi connectivity index (χ1) is 8.40. The lowest BCUT2D eigenvalue weighted by molar-refractivity contribution is 0.166. The Morgan fingerprint density at radius 3 is 2.94 bits per heavy atom. The SMILES string of the molecule is NCC1CCCN1C1CCCc2ccccc21. The highest BCUT2D eigenvalue weighted by molar-refractivity contribution is 5.32. The standard InChI is InChI=1S/C15H22N2/c16-11-13-7-4-10-17(13)15-9-3-6-12-5-1-2-8-14(12)15/h1-2,5,8,13,15H,3-4,6-7,9-11,16H2. The van der Waals surface area contributed by atoms with E-state index in [1.165, 1.54) is 38.6 Å². The van der Waals surface area contributed by atoms with Crippen LogP contribution in [0.1, 0.15) is 42.9 Å². The van der Waals surface area contributed by atoms with E-state index in [1.807, 2.05) is 0 Å². The van der Waals surface area contributed by atoms with Gasteiger partial charge in [-0.2, -0.15) is 0 Å². The molecule has 2 nitrogen and oxygen atoms in total. The molecule has 2 aliphatic rings. The molecule has 1 heterocycles. The van der Waals surface area contributed by atoms with E-state index in [0.717, 1.165) is 6.54 Å². The van der Waals surface area contributed by atoms with Gasteiger partial charge < -0.3 is 5.73 Å². The van der Waals surface area contributed by atoms with Crippen LogP contribution in [0.4, 0.5) is 0 Å². The van der Waals surface area contributed by atoms with E-state index in [0.29, 0.717) is 12.1 Å². The van der Waals surface area contributed by atoms with Crippen molar-refractivity contribution in [2.45, 2.75) is 44.2 Å². The van der Waals surface area contributed by atoms with Crippen LogP contribution in [0.3, 0.4) is 0 Å². The maximum atomic E-state index is 5.91. The quantitative estimate of drug-likeness (QED) is 0.845. The number of rotatable bonds is 2. The van der Waals surface area contributed by atoms with Gasteiger partial charge in [0, 0.05) is 18.6 Å². The summed E-state index contributed by atoms with van der Waals surface area (Å²) in [5.74, 6) is 0. The molecule has 0 saturated carbocycles. The first-order valence-electron chi connectivity index (χ1n) is 6.94. The summed E-state index contributed by atoms with van der Waals surface area (Å²) in [6, 6.07) is 10.2. The van der Waals surface area contributed by atoms with E-state index in [1.54, 1.807) is 11.1 Å². The summed E-state index contributed by atoms with van der Waals surface area (Å²) in [4.78, 5) is 2.66. The van der Waals surface area contributed by atoms with Crippen molar-refractivity contribution in [1.82, 2.24) is 4.90 Å². The molecule has 2 atom stereocenters. The molecule has 2 heteroatoms.